The molecule has 0 aromatic heterocycles. The summed E-state index contributed by atoms with van der Waals surface area (Å²) >= 11 is 0. The molecule has 41 heavy (non-hydrogen) atoms. The number of ether oxygens (including phenoxy) is 1. The third-order valence-corrected chi connectivity index (χ3v) is 6.41. The standard InChI is InChI=1S/C26H35N5O10/c1-15(2)30(26(38)41-19-9-7-18(8-10-19)31(39)40)14-21(32)20-6-5-13-29(20)25(37)17(4)28-24(36)16(3)27-22(33)11-12-23(34)35/h7-10,15-17,20H,5-6,11-14H2,1-4H3,(H,27,33)(H,28,36)(H,34,35)/t16-,17-,20-/m0/s1. The van der Waals surface area contributed by atoms with E-state index in [1.165, 1.54) is 47.9 Å². The van der Waals surface area contributed by atoms with Crippen LogP contribution >= 0.6 is 0 Å². The summed E-state index contributed by atoms with van der Waals surface area (Å²) in [7, 11) is 0. The Morgan fingerprint density at radius 3 is 2.24 bits per heavy atom. The molecule has 0 bridgehead atoms. The maximum absolute atomic E-state index is 13.2. The summed E-state index contributed by atoms with van der Waals surface area (Å²) in [5, 5.41) is 24.4. The Bertz CT molecular complexity index is 1170. The van der Waals surface area contributed by atoms with Gasteiger partial charge in [-0.2, -0.15) is 0 Å². The number of nitrogens with zero attached hydrogens (tertiary/aromatic N) is 3. The van der Waals surface area contributed by atoms with Gasteiger partial charge < -0.3 is 25.4 Å². The highest BCUT2D eigenvalue weighted by Crippen LogP contribution is 2.22. The van der Waals surface area contributed by atoms with Crippen LogP contribution in [0.15, 0.2) is 24.3 Å². The molecule has 1 aliphatic rings. The van der Waals surface area contributed by atoms with Gasteiger partial charge in [0.25, 0.3) is 5.69 Å². The molecular formula is C26H35N5O10. The number of nitro groups is 1. The zero-order chi connectivity index (χ0) is 30.9. The molecule has 0 spiro atoms. The Labute approximate surface area is 236 Å². The van der Waals surface area contributed by atoms with Gasteiger partial charge in [-0.1, -0.05) is 0 Å². The van der Waals surface area contributed by atoms with E-state index in [2.05, 4.69) is 10.6 Å². The molecule has 0 unspecified atom stereocenters. The van der Waals surface area contributed by atoms with E-state index >= 15 is 0 Å². The van der Waals surface area contributed by atoms with Gasteiger partial charge in [-0.3, -0.25) is 39.0 Å². The van der Waals surface area contributed by atoms with Crippen LogP contribution < -0.4 is 15.4 Å². The first kappa shape index (κ1) is 32.7. The number of Topliss-reactive ketones (excluding diaryl/α,β-unsaturated/α-hetero) is 1. The molecule has 0 saturated carbocycles. The highest BCUT2D eigenvalue weighted by molar-refractivity contribution is 5.96. The lowest BCUT2D eigenvalue weighted by Crippen LogP contribution is -2.55. The van der Waals surface area contributed by atoms with Gasteiger partial charge in [0.2, 0.25) is 17.7 Å². The Balaban J connectivity index is 1.99. The van der Waals surface area contributed by atoms with E-state index in [-0.39, 0.29) is 37.4 Å². The second-order valence-electron chi connectivity index (χ2n) is 9.91. The number of carboxylic acids is 1. The summed E-state index contributed by atoms with van der Waals surface area (Å²) in [5.74, 6) is -3.28. The van der Waals surface area contributed by atoms with Crippen LogP contribution in [-0.4, -0.2) is 92.7 Å². The van der Waals surface area contributed by atoms with Crippen molar-refractivity contribution < 1.29 is 43.5 Å². The second kappa shape index (κ2) is 14.7. The molecule has 4 amide bonds. The van der Waals surface area contributed by atoms with Crippen molar-refractivity contribution in [3.8, 4) is 5.75 Å². The van der Waals surface area contributed by atoms with Gasteiger partial charge in [0.15, 0.2) is 5.78 Å². The molecule has 0 aliphatic carbocycles. The van der Waals surface area contributed by atoms with Crippen molar-refractivity contribution in [3.63, 3.8) is 0 Å². The topological polar surface area (TPSA) is 206 Å². The van der Waals surface area contributed by atoms with E-state index in [1.807, 2.05) is 0 Å². The average molecular weight is 578 g/mol. The number of non-ortho nitro benzene ring substituents is 1. The predicted octanol–water partition coefficient (Wildman–Crippen LogP) is 1.24. The molecule has 224 valence electrons. The molecule has 1 aliphatic heterocycles. The van der Waals surface area contributed by atoms with Crippen molar-refractivity contribution >= 4 is 41.3 Å². The summed E-state index contributed by atoms with van der Waals surface area (Å²) in [6, 6.07) is 1.58. The van der Waals surface area contributed by atoms with Crippen LogP contribution in [0.2, 0.25) is 0 Å². The van der Waals surface area contributed by atoms with Crippen molar-refractivity contribution in [1.82, 2.24) is 20.4 Å². The number of hydrogen-bond donors (Lipinski definition) is 3. The van der Waals surface area contributed by atoms with Crippen molar-refractivity contribution in [2.24, 2.45) is 0 Å². The number of hydrogen-bond acceptors (Lipinski definition) is 9. The third kappa shape index (κ3) is 9.54. The number of nitrogens with one attached hydrogen (secondary N) is 2. The highest BCUT2D eigenvalue weighted by Gasteiger charge is 2.38. The van der Waals surface area contributed by atoms with E-state index in [0.29, 0.717) is 12.8 Å². The highest BCUT2D eigenvalue weighted by atomic mass is 16.6. The summed E-state index contributed by atoms with van der Waals surface area (Å²) in [4.78, 5) is 86.9. The molecular weight excluding hydrogens is 542 g/mol. The Hall–Kier alpha value is -4.56. The van der Waals surface area contributed by atoms with Crippen LogP contribution in [0.5, 0.6) is 5.75 Å². The van der Waals surface area contributed by atoms with Crippen molar-refractivity contribution in [3.05, 3.63) is 34.4 Å². The van der Waals surface area contributed by atoms with Crippen molar-refractivity contribution in [2.75, 3.05) is 13.1 Å². The predicted molar refractivity (Wildman–Crippen MR) is 143 cm³/mol. The number of carbonyl (C=O) groups is 6. The minimum Gasteiger partial charge on any atom is -0.481 e. The van der Waals surface area contributed by atoms with Gasteiger partial charge in [0.1, 0.15) is 17.8 Å². The normalized spacial score (nSPS) is 15.9. The minimum atomic E-state index is -1.15. The molecule has 3 atom stereocenters. The van der Waals surface area contributed by atoms with E-state index in [0.717, 1.165) is 0 Å². The number of carbonyl (C=O) groups excluding carboxylic acids is 5. The second-order valence-corrected chi connectivity index (χ2v) is 9.91. The number of nitro benzene ring substituents is 1. The number of aliphatic carboxylic acids is 1. The number of rotatable bonds is 13. The molecule has 1 saturated heterocycles. The SMILES string of the molecule is CC(C)N(CC(=O)[C@@H]1CCCN1C(=O)[C@H](C)NC(=O)[C@H](C)NC(=O)CCC(=O)O)C(=O)Oc1ccc([N+](=O)[O-])cc1. The number of carboxylic acid groups (broad SMARTS) is 1. The maximum Gasteiger partial charge on any atom is 0.415 e. The average Bonchev–Trinajstić information content (AvgIpc) is 3.40. The van der Waals surface area contributed by atoms with Crippen molar-refractivity contribution in [2.45, 2.75) is 77.5 Å². The van der Waals surface area contributed by atoms with Gasteiger partial charge in [-0.15, -0.1) is 0 Å². The third-order valence-electron chi connectivity index (χ3n) is 6.41. The molecule has 15 nitrogen and oxygen atoms in total. The lowest BCUT2D eigenvalue weighted by molar-refractivity contribution is -0.384. The van der Waals surface area contributed by atoms with Gasteiger partial charge >= 0.3 is 12.1 Å². The van der Waals surface area contributed by atoms with Crippen LogP contribution in [0.1, 0.15) is 53.4 Å². The molecule has 1 aromatic rings. The smallest absolute Gasteiger partial charge is 0.415 e. The van der Waals surface area contributed by atoms with E-state index in [4.69, 9.17) is 9.84 Å². The lowest BCUT2D eigenvalue weighted by Gasteiger charge is -2.30. The van der Waals surface area contributed by atoms with Crippen LogP contribution in [-0.2, 0) is 24.0 Å². The zero-order valence-corrected chi connectivity index (χ0v) is 23.3. The van der Waals surface area contributed by atoms with Gasteiger partial charge in [0.05, 0.1) is 23.9 Å². The summed E-state index contributed by atoms with van der Waals surface area (Å²) < 4.78 is 5.29. The first-order valence-electron chi connectivity index (χ1n) is 13.1. The fourth-order valence-electron chi connectivity index (χ4n) is 4.14. The monoisotopic (exact) mass is 577 g/mol. The van der Waals surface area contributed by atoms with Crippen molar-refractivity contribution in [1.29, 1.82) is 0 Å². The van der Waals surface area contributed by atoms with Crippen LogP contribution in [0.3, 0.4) is 0 Å². The Kier molecular flexibility index (Phi) is 11.7. The molecule has 2 rings (SSSR count). The van der Waals surface area contributed by atoms with Crippen LogP contribution in [0.4, 0.5) is 10.5 Å². The van der Waals surface area contributed by atoms with Gasteiger partial charge in [0, 0.05) is 31.1 Å². The molecule has 1 heterocycles. The molecule has 0 radical (unpaired) electrons. The first-order valence-corrected chi connectivity index (χ1v) is 13.1. The van der Waals surface area contributed by atoms with Crippen LogP contribution in [0, 0.1) is 10.1 Å². The number of ketones is 1. The van der Waals surface area contributed by atoms with Gasteiger partial charge in [-0.05, 0) is 52.7 Å². The largest absolute Gasteiger partial charge is 0.481 e. The lowest BCUT2D eigenvalue weighted by atomic mass is 10.1. The molecule has 15 heteroatoms. The fraction of sp³-hybridized carbons (Fsp3) is 0.538. The Morgan fingerprint density at radius 1 is 1.05 bits per heavy atom. The number of amides is 4. The summed E-state index contributed by atoms with van der Waals surface area (Å²) in [5.41, 5.74) is -0.174. The molecule has 1 aromatic carbocycles. The zero-order valence-electron chi connectivity index (χ0n) is 23.3. The van der Waals surface area contributed by atoms with E-state index in [9.17, 15) is 38.9 Å². The maximum atomic E-state index is 13.2. The minimum absolute atomic E-state index is 0.0632. The molecule has 1 fully saturated rings. The summed E-state index contributed by atoms with van der Waals surface area (Å²) in [6.07, 6.45) is -0.618. The van der Waals surface area contributed by atoms with E-state index < -0.39 is 64.7 Å². The quantitative estimate of drug-likeness (QED) is 0.226. The number of benzene rings is 1. The first-order chi connectivity index (χ1) is 19.2. The fourth-order valence-corrected chi connectivity index (χ4v) is 4.14. The molecule has 3 N–H and O–H groups in total. The Morgan fingerprint density at radius 2 is 1.68 bits per heavy atom. The van der Waals surface area contributed by atoms with Crippen LogP contribution in [0.25, 0.3) is 0 Å². The number of likely N-dealkylation sites (tertiary alicyclic amines) is 1. The summed E-state index contributed by atoms with van der Waals surface area (Å²) in [6.45, 7) is 6.12. The van der Waals surface area contributed by atoms with Gasteiger partial charge in [-0.25, -0.2) is 4.79 Å². The van der Waals surface area contributed by atoms with E-state index in [1.54, 1.807) is 13.8 Å².